The van der Waals surface area contributed by atoms with E-state index in [0.717, 1.165) is 42.5 Å². The Labute approximate surface area is 113 Å². The van der Waals surface area contributed by atoms with Gasteiger partial charge in [0.05, 0.1) is 17.6 Å². The highest BCUT2D eigenvalue weighted by atomic mass is 16.5. The molecule has 1 aromatic carbocycles. The second-order valence-electron chi connectivity index (χ2n) is 4.34. The average Bonchev–Trinajstić information content (AvgIpc) is 2.46. The van der Waals surface area contributed by atoms with Crippen LogP contribution < -0.4 is 0 Å². The maximum Gasteiger partial charge on any atom is 0.0890 e. The Morgan fingerprint density at radius 2 is 2.00 bits per heavy atom. The van der Waals surface area contributed by atoms with E-state index in [1.165, 1.54) is 0 Å². The van der Waals surface area contributed by atoms with E-state index in [9.17, 15) is 0 Å². The van der Waals surface area contributed by atoms with Crippen LogP contribution in [0, 0.1) is 0 Å². The first-order chi connectivity index (χ1) is 9.40. The van der Waals surface area contributed by atoms with Gasteiger partial charge in [-0.1, -0.05) is 12.6 Å². The summed E-state index contributed by atoms with van der Waals surface area (Å²) < 4.78 is 5.65. The molecule has 2 aromatic rings. The molecule has 0 saturated carbocycles. The van der Waals surface area contributed by atoms with Crippen molar-refractivity contribution in [2.24, 2.45) is 0 Å². The van der Waals surface area contributed by atoms with E-state index in [1.54, 1.807) is 12.4 Å². The smallest absolute Gasteiger partial charge is 0.0890 e. The van der Waals surface area contributed by atoms with Crippen molar-refractivity contribution in [1.82, 2.24) is 9.97 Å². The number of nitrogens with zero attached hydrogens (tertiary/aromatic N) is 2. The molecule has 1 aromatic heterocycles. The maximum absolute atomic E-state index is 5.65. The standard InChI is InChI=1S/C16H18N2O/c1-2-3-4-5-6-11-19-13-14-7-8-15-16(12-14)18-10-9-17-15/h3,7-10,12H,1,4-6,11,13H2. The molecule has 3 nitrogen and oxygen atoms in total. The van der Waals surface area contributed by atoms with Gasteiger partial charge in [0, 0.05) is 19.0 Å². The second kappa shape index (κ2) is 7.47. The largest absolute Gasteiger partial charge is 0.377 e. The molecule has 2 rings (SSSR count). The van der Waals surface area contributed by atoms with Crippen molar-refractivity contribution in [2.75, 3.05) is 6.61 Å². The number of benzene rings is 1. The van der Waals surface area contributed by atoms with E-state index in [0.29, 0.717) is 6.61 Å². The number of unbranched alkanes of at least 4 members (excludes halogenated alkanes) is 2. The Hall–Kier alpha value is -1.96. The van der Waals surface area contributed by atoms with Gasteiger partial charge in [-0.05, 0) is 43.0 Å². The minimum Gasteiger partial charge on any atom is -0.377 e. The van der Waals surface area contributed by atoms with Gasteiger partial charge in [0.25, 0.3) is 0 Å². The number of aromatic nitrogens is 2. The number of fused-ring (bicyclic) bond motifs is 1. The summed E-state index contributed by atoms with van der Waals surface area (Å²) in [6, 6.07) is 6.05. The van der Waals surface area contributed by atoms with E-state index in [1.807, 2.05) is 24.3 Å². The van der Waals surface area contributed by atoms with Gasteiger partial charge in [0.2, 0.25) is 0 Å². The Kier molecular flexibility index (Phi) is 5.30. The van der Waals surface area contributed by atoms with Crippen LogP contribution in [0.15, 0.2) is 49.0 Å². The zero-order chi connectivity index (χ0) is 13.3. The van der Waals surface area contributed by atoms with Crippen molar-refractivity contribution in [3.63, 3.8) is 0 Å². The molecule has 0 N–H and O–H groups in total. The van der Waals surface area contributed by atoms with Crippen LogP contribution in [-0.4, -0.2) is 16.6 Å². The summed E-state index contributed by atoms with van der Waals surface area (Å²) >= 11 is 0. The van der Waals surface area contributed by atoms with Crippen molar-refractivity contribution in [2.45, 2.75) is 25.9 Å². The molecule has 0 aliphatic heterocycles. The van der Waals surface area contributed by atoms with Gasteiger partial charge in [-0.25, -0.2) is 0 Å². The molecule has 0 spiro atoms. The van der Waals surface area contributed by atoms with Crippen LogP contribution in [0.4, 0.5) is 0 Å². The second-order valence-corrected chi connectivity index (χ2v) is 4.34. The Morgan fingerprint density at radius 3 is 2.84 bits per heavy atom. The minimum atomic E-state index is 0.629. The highest BCUT2D eigenvalue weighted by Gasteiger charge is 1.98. The molecule has 0 saturated heterocycles. The molecule has 98 valence electrons. The molecule has 0 aliphatic carbocycles. The molecule has 0 aliphatic rings. The van der Waals surface area contributed by atoms with Gasteiger partial charge in [0.15, 0.2) is 0 Å². The number of rotatable bonds is 7. The van der Waals surface area contributed by atoms with Gasteiger partial charge in [0.1, 0.15) is 0 Å². The molecule has 0 radical (unpaired) electrons. The molecule has 19 heavy (non-hydrogen) atoms. The summed E-state index contributed by atoms with van der Waals surface area (Å²) in [5, 5.41) is 0. The maximum atomic E-state index is 5.65. The summed E-state index contributed by atoms with van der Waals surface area (Å²) in [5.74, 6) is 0. The highest BCUT2D eigenvalue weighted by molar-refractivity contribution is 5.74. The summed E-state index contributed by atoms with van der Waals surface area (Å²) in [7, 11) is 0. The van der Waals surface area contributed by atoms with Crippen LogP contribution >= 0.6 is 0 Å². The molecule has 0 bridgehead atoms. The Bertz CT molecular complexity index is 574. The lowest BCUT2D eigenvalue weighted by molar-refractivity contribution is 0.117. The number of allylic oxidation sites excluding steroid dienone is 1. The van der Waals surface area contributed by atoms with E-state index < -0.39 is 0 Å². The fraction of sp³-hybridized carbons (Fsp3) is 0.312. The average molecular weight is 254 g/mol. The lowest BCUT2D eigenvalue weighted by atomic mass is 10.2. The Balaban J connectivity index is 1.77. The molecule has 0 fully saturated rings. The van der Waals surface area contributed by atoms with Crippen LogP contribution in [0.25, 0.3) is 11.0 Å². The predicted molar refractivity (Wildman–Crippen MR) is 76.8 cm³/mol. The SMILES string of the molecule is C=C=CCCCCOCc1ccc2nccnc2c1. The zero-order valence-electron chi connectivity index (χ0n) is 11.0. The number of ether oxygens (including phenoxy) is 1. The van der Waals surface area contributed by atoms with E-state index >= 15 is 0 Å². The molecule has 1 heterocycles. The van der Waals surface area contributed by atoms with E-state index in [4.69, 9.17) is 4.74 Å². The normalized spacial score (nSPS) is 10.3. The topological polar surface area (TPSA) is 35.0 Å². The van der Waals surface area contributed by atoms with Crippen molar-refractivity contribution >= 4 is 11.0 Å². The van der Waals surface area contributed by atoms with Gasteiger partial charge in [-0.2, -0.15) is 0 Å². The van der Waals surface area contributed by atoms with E-state index in [-0.39, 0.29) is 0 Å². The number of hydrogen-bond donors (Lipinski definition) is 0. The van der Waals surface area contributed by atoms with Crippen molar-refractivity contribution in [3.05, 3.63) is 54.5 Å². The van der Waals surface area contributed by atoms with Crippen molar-refractivity contribution in [3.8, 4) is 0 Å². The first-order valence-corrected chi connectivity index (χ1v) is 6.52. The third-order valence-corrected chi connectivity index (χ3v) is 2.83. The van der Waals surface area contributed by atoms with Crippen LogP contribution in [0.1, 0.15) is 24.8 Å². The third kappa shape index (κ3) is 4.32. The molecular weight excluding hydrogens is 236 g/mol. The number of hydrogen-bond acceptors (Lipinski definition) is 3. The fourth-order valence-electron chi connectivity index (χ4n) is 1.84. The summed E-state index contributed by atoms with van der Waals surface area (Å²) in [5.41, 5.74) is 5.75. The van der Waals surface area contributed by atoms with Crippen LogP contribution in [0.5, 0.6) is 0 Å². The minimum absolute atomic E-state index is 0.629. The zero-order valence-corrected chi connectivity index (χ0v) is 11.0. The van der Waals surface area contributed by atoms with E-state index in [2.05, 4.69) is 22.3 Å². The fourth-order valence-corrected chi connectivity index (χ4v) is 1.84. The summed E-state index contributed by atoms with van der Waals surface area (Å²) in [6.07, 6.45) is 8.58. The predicted octanol–water partition coefficient (Wildman–Crippen LogP) is 3.66. The van der Waals surface area contributed by atoms with Crippen molar-refractivity contribution < 1.29 is 4.74 Å². The van der Waals surface area contributed by atoms with Gasteiger partial charge < -0.3 is 4.74 Å². The van der Waals surface area contributed by atoms with Crippen molar-refractivity contribution in [1.29, 1.82) is 0 Å². The first kappa shape index (κ1) is 13.5. The van der Waals surface area contributed by atoms with Crippen LogP contribution in [0.3, 0.4) is 0 Å². The lowest BCUT2D eigenvalue weighted by Gasteiger charge is -2.04. The quantitative estimate of drug-likeness (QED) is 0.558. The monoisotopic (exact) mass is 254 g/mol. The molecule has 3 heteroatoms. The molecule has 0 atom stereocenters. The highest BCUT2D eigenvalue weighted by Crippen LogP contribution is 2.11. The summed E-state index contributed by atoms with van der Waals surface area (Å²) in [4.78, 5) is 8.53. The molecule has 0 unspecified atom stereocenters. The summed E-state index contributed by atoms with van der Waals surface area (Å²) in [6.45, 7) is 4.95. The molecular formula is C16H18N2O. The first-order valence-electron chi connectivity index (χ1n) is 6.52. The lowest BCUT2D eigenvalue weighted by Crippen LogP contribution is -1.96. The van der Waals surface area contributed by atoms with Crippen LogP contribution in [-0.2, 0) is 11.3 Å². The van der Waals surface area contributed by atoms with Gasteiger partial charge in [-0.15, -0.1) is 5.73 Å². The van der Waals surface area contributed by atoms with Gasteiger partial charge in [-0.3, -0.25) is 9.97 Å². The Morgan fingerprint density at radius 1 is 1.16 bits per heavy atom. The van der Waals surface area contributed by atoms with Crippen LogP contribution in [0.2, 0.25) is 0 Å². The molecule has 0 amide bonds. The third-order valence-electron chi connectivity index (χ3n) is 2.83. The van der Waals surface area contributed by atoms with Gasteiger partial charge >= 0.3 is 0 Å².